The highest BCUT2D eigenvalue weighted by Gasteiger charge is 2.42. The fraction of sp³-hybridized carbons (Fsp3) is 0.333. The van der Waals surface area contributed by atoms with Crippen LogP contribution in [0.5, 0.6) is 11.5 Å². The average molecular weight is 698 g/mol. The van der Waals surface area contributed by atoms with Crippen molar-refractivity contribution in [2.75, 3.05) is 13.7 Å². The molecule has 0 unspecified atom stereocenters. The summed E-state index contributed by atoms with van der Waals surface area (Å²) >= 11 is 3.29. The van der Waals surface area contributed by atoms with E-state index in [2.05, 4.69) is 26.2 Å². The molecular formula is C33H33BrN2O10. The van der Waals surface area contributed by atoms with Gasteiger partial charge in [-0.3, -0.25) is 14.4 Å². The molecule has 1 aromatic heterocycles. The Morgan fingerprint density at radius 1 is 1.02 bits per heavy atom. The van der Waals surface area contributed by atoms with E-state index in [-0.39, 0.29) is 29.2 Å². The number of aromatic nitrogens is 1. The first-order chi connectivity index (χ1) is 22.0. The molecule has 1 aliphatic heterocycles. The molecule has 0 radical (unpaired) electrons. The van der Waals surface area contributed by atoms with Crippen molar-refractivity contribution in [1.82, 2.24) is 10.3 Å². The highest BCUT2D eigenvalue weighted by Crippen LogP contribution is 2.31. The highest BCUT2D eigenvalue weighted by molar-refractivity contribution is 9.10. The molecule has 3 aromatic rings. The van der Waals surface area contributed by atoms with Gasteiger partial charge >= 0.3 is 23.9 Å². The number of benzene rings is 2. The van der Waals surface area contributed by atoms with Crippen molar-refractivity contribution in [3.05, 3.63) is 88.2 Å². The first-order valence-electron chi connectivity index (χ1n) is 14.4. The molecule has 12 nitrogen and oxygen atoms in total. The number of halogens is 1. The average Bonchev–Trinajstić information content (AvgIpc) is 3.07. The van der Waals surface area contributed by atoms with Gasteiger partial charge in [-0.25, -0.2) is 14.6 Å². The van der Waals surface area contributed by atoms with Crippen molar-refractivity contribution in [3.8, 4) is 11.5 Å². The number of hydrogen-bond acceptors (Lipinski definition) is 11. The van der Waals surface area contributed by atoms with Gasteiger partial charge in [-0.15, -0.1) is 0 Å². The predicted molar refractivity (Wildman–Crippen MR) is 166 cm³/mol. The Balaban J connectivity index is 1.60. The van der Waals surface area contributed by atoms with Gasteiger partial charge in [-0.2, -0.15) is 0 Å². The zero-order valence-electron chi connectivity index (χ0n) is 25.6. The lowest BCUT2D eigenvalue weighted by Gasteiger charge is -2.29. The maximum Gasteiger partial charge on any atom is 0.344 e. The number of cyclic esters (lactones) is 2. The third-order valence-electron chi connectivity index (χ3n) is 7.06. The summed E-state index contributed by atoms with van der Waals surface area (Å²) in [4.78, 5) is 70.0. The number of carbonyl (C=O) groups excluding carboxylic acids is 5. The summed E-state index contributed by atoms with van der Waals surface area (Å²) in [6.07, 6.45) is -0.877. The van der Waals surface area contributed by atoms with E-state index in [1.165, 1.54) is 32.4 Å². The molecule has 242 valence electrons. The molecular weight excluding hydrogens is 664 g/mol. The van der Waals surface area contributed by atoms with Gasteiger partial charge in [-0.1, -0.05) is 56.3 Å². The first-order valence-corrected chi connectivity index (χ1v) is 15.2. The summed E-state index contributed by atoms with van der Waals surface area (Å²) in [7, 11) is 1.32. The van der Waals surface area contributed by atoms with E-state index < -0.39 is 66.5 Å². The number of nitrogens with zero attached hydrogens (tertiary/aromatic N) is 1. The van der Waals surface area contributed by atoms with Crippen LogP contribution < -0.4 is 14.8 Å². The molecule has 1 saturated heterocycles. The second-order valence-electron chi connectivity index (χ2n) is 10.7. The second-order valence-corrected chi connectivity index (χ2v) is 11.6. The van der Waals surface area contributed by atoms with Gasteiger partial charge in [0.2, 0.25) is 5.75 Å². The van der Waals surface area contributed by atoms with E-state index in [1.807, 2.05) is 18.2 Å². The minimum Gasteiger partial charge on any atom is -0.493 e. The first kappa shape index (κ1) is 34.1. The van der Waals surface area contributed by atoms with Gasteiger partial charge in [0.05, 0.1) is 18.6 Å². The highest BCUT2D eigenvalue weighted by atomic mass is 79.9. The summed E-state index contributed by atoms with van der Waals surface area (Å²) in [6, 6.07) is 15.5. The summed E-state index contributed by atoms with van der Waals surface area (Å²) in [5, 5.41) is 2.46. The normalized spacial score (nSPS) is 19.9. The third kappa shape index (κ3) is 8.27. The van der Waals surface area contributed by atoms with Crippen molar-refractivity contribution in [3.63, 3.8) is 0 Å². The van der Waals surface area contributed by atoms with Crippen LogP contribution in [0.1, 0.15) is 47.2 Å². The Morgan fingerprint density at radius 3 is 2.39 bits per heavy atom. The van der Waals surface area contributed by atoms with E-state index in [9.17, 15) is 24.0 Å². The summed E-state index contributed by atoms with van der Waals surface area (Å²) in [5.74, 6) is -5.84. The van der Waals surface area contributed by atoms with Crippen molar-refractivity contribution >= 4 is 45.7 Å². The lowest BCUT2D eigenvalue weighted by molar-refractivity contribution is -0.176. The van der Waals surface area contributed by atoms with Crippen LogP contribution in [0.3, 0.4) is 0 Å². The van der Waals surface area contributed by atoms with E-state index >= 15 is 0 Å². The fourth-order valence-corrected chi connectivity index (χ4v) is 5.05. The molecule has 4 rings (SSSR count). The van der Waals surface area contributed by atoms with Gasteiger partial charge in [0, 0.05) is 16.7 Å². The molecule has 0 spiro atoms. The van der Waals surface area contributed by atoms with Crippen molar-refractivity contribution in [2.45, 2.75) is 45.4 Å². The minimum atomic E-state index is -1.49. The molecule has 2 aromatic carbocycles. The summed E-state index contributed by atoms with van der Waals surface area (Å²) in [5.41, 5.74) is 0.571. The molecule has 1 aliphatic rings. The quantitative estimate of drug-likeness (QED) is 0.254. The Kier molecular flexibility index (Phi) is 11.5. The zero-order valence-corrected chi connectivity index (χ0v) is 27.1. The van der Waals surface area contributed by atoms with Gasteiger partial charge in [0.15, 0.2) is 23.6 Å². The molecule has 0 aliphatic carbocycles. The number of ether oxygens (including phenoxy) is 5. The fourth-order valence-electron chi connectivity index (χ4n) is 4.60. The number of esters is 4. The predicted octanol–water partition coefficient (Wildman–Crippen LogP) is 4.09. The van der Waals surface area contributed by atoms with Gasteiger partial charge < -0.3 is 29.0 Å². The number of carbonyl (C=O) groups is 5. The Bertz CT molecular complexity index is 1600. The molecule has 1 N–H and O–H groups in total. The van der Waals surface area contributed by atoms with E-state index in [0.717, 1.165) is 5.56 Å². The van der Waals surface area contributed by atoms with Crippen LogP contribution in [-0.2, 0) is 35.0 Å². The molecule has 2 heterocycles. The Hall–Kier alpha value is -4.78. The number of methoxy groups -OCH3 is 1. The monoisotopic (exact) mass is 696 g/mol. The van der Waals surface area contributed by atoms with Gasteiger partial charge in [0.25, 0.3) is 5.91 Å². The van der Waals surface area contributed by atoms with Crippen molar-refractivity contribution < 1.29 is 47.7 Å². The third-order valence-corrected chi connectivity index (χ3v) is 7.75. The number of rotatable bonds is 9. The van der Waals surface area contributed by atoms with Crippen LogP contribution in [0.15, 0.2) is 71.3 Å². The minimum absolute atomic E-state index is 0.0243. The Labute approximate surface area is 273 Å². The molecule has 46 heavy (non-hydrogen) atoms. The SMILES string of the molecule is COc1ccnc(C(=O)N[C@H]2COC(=O)[C@H](Cc3ccccc3)[C@@H](OC(=O)C(C)C)[C@H](C)OC2=O)c1OC(=O)c1ccccc1Br. The number of hydrogen-bond donors (Lipinski definition) is 1. The van der Waals surface area contributed by atoms with Crippen LogP contribution in [0.2, 0.25) is 0 Å². The molecule has 0 bridgehead atoms. The largest absolute Gasteiger partial charge is 0.493 e. The number of amides is 1. The van der Waals surface area contributed by atoms with E-state index in [4.69, 9.17) is 23.7 Å². The molecule has 1 amide bonds. The molecule has 4 atom stereocenters. The summed E-state index contributed by atoms with van der Waals surface area (Å²) in [6.45, 7) is 4.18. The Morgan fingerprint density at radius 2 is 1.72 bits per heavy atom. The molecule has 0 saturated carbocycles. The maximum absolute atomic E-state index is 13.5. The van der Waals surface area contributed by atoms with Crippen LogP contribution in [0.4, 0.5) is 0 Å². The van der Waals surface area contributed by atoms with E-state index in [1.54, 1.807) is 44.2 Å². The van der Waals surface area contributed by atoms with Crippen LogP contribution in [0.25, 0.3) is 0 Å². The molecule has 13 heteroatoms. The van der Waals surface area contributed by atoms with Gasteiger partial charge in [0.1, 0.15) is 18.6 Å². The van der Waals surface area contributed by atoms with Crippen LogP contribution >= 0.6 is 15.9 Å². The van der Waals surface area contributed by atoms with E-state index in [0.29, 0.717) is 4.47 Å². The van der Waals surface area contributed by atoms with Crippen LogP contribution in [0, 0.1) is 11.8 Å². The maximum atomic E-state index is 13.5. The van der Waals surface area contributed by atoms with Crippen LogP contribution in [-0.4, -0.2) is 66.7 Å². The van der Waals surface area contributed by atoms with Crippen molar-refractivity contribution in [2.24, 2.45) is 11.8 Å². The standard InChI is InChI=1S/C33H33BrN2O10/c1-18(2)30(38)45-27-19(3)44-33(41)24(17-43-31(39)22(27)16-20-10-6-5-7-11-20)36-29(37)26-28(25(42-4)14-15-35-26)46-32(40)21-12-8-9-13-23(21)34/h5-15,18-19,22,24,27H,16-17H2,1-4H3,(H,36,37)/t19-,22+,24-,27-/m0/s1. The summed E-state index contributed by atoms with van der Waals surface area (Å²) < 4.78 is 28.2. The lowest BCUT2D eigenvalue weighted by atomic mass is 9.91. The topological polar surface area (TPSA) is 156 Å². The van der Waals surface area contributed by atoms with Crippen molar-refractivity contribution in [1.29, 1.82) is 0 Å². The number of nitrogens with one attached hydrogen (secondary N) is 1. The lowest BCUT2D eigenvalue weighted by Crippen LogP contribution is -2.47. The smallest absolute Gasteiger partial charge is 0.344 e. The second kappa shape index (κ2) is 15.5. The number of pyridine rings is 1. The molecule has 1 fully saturated rings. The van der Waals surface area contributed by atoms with Gasteiger partial charge in [-0.05, 0) is 47.0 Å². The zero-order chi connectivity index (χ0) is 33.4.